The molecule has 0 saturated heterocycles. The van der Waals surface area contributed by atoms with E-state index in [0.717, 1.165) is 5.56 Å². The van der Waals surface area contributed by atoms with E-state index < -0.39 is 5.95 Å². The molecule has 2 aromatic rings. The molecule has 14 heavy (non-hydrogen) atoms. The summed E-state index contributed by atoms with van der Waals surface area (Å²) < 4.78 is 13.0. The zero-order chi connectivity index (χ0) is 9.97. The Balaban J connectivity index is 2.48. The highest BCUT2D eigenvalue weighted by Gasteiger charge is 2.03. The summed E-state index contributed by atoms with van der Waals surface area (Å²) in [6.07, 6.45) is 3.27. The first kappa shape index (κ1) is 8.62. The zero-order valence-corrected chi connectivity index (χ0v) is 7.31. The fourth-order valence-corrected chi connectivity index (χ4v) is 1.12. The van der Waals surface area contributed by atoms with Gasteiger partial charge < -0.3 is 5.73 Å². The van der Waals surface area contributed by atoms with Gasteiger partial charge in [0, 0.05) is 18.0 Å². The lowest BCUT2D eigenvalue weighted by atomic mass is 10.2. The second kappa shape index (κ2) is 3.41. The average Bonchev–Trinajstić information content (AvgIpc) is 2.23. The van der Waals surface area contributed by atoms with E-state index in [2.05, 4.69) is 9.97 Å². The second-order valence-electron chi connectivity index (χ2n) is 2.82. The molecule has 0 aliphatic rings. The van der Waals surface area contributed by atoms with Gasteiger partial charge in [0.15, 0.2) is 0 Å². The predicted octanol–water partition coefficient (Wildman–Crippen LogP) is 1.86. The number of nitrogens with zero attached hydrogens (tertiary/aromatic N) is 2. The molecule has 0 bridgehead atoms. The first-order valence-electron chi connectivity index (χ1n) is 4.10. The summed E-state index contributed by atoms with van der Waals surface area (Å²) in [4.78, 5) is 7.63. The maximum absolute atomic E-state index is 13.0. The van der Waals surface area contributed by atoms with E-state index in [1.54, 1.807) is 24.5 Å². The third-order valence-electron chi connectivity index (χ3n) is 1.83. The van der Waals surface area contributed by atoms with Crippen LogP contribution in [0.2, 0.25) is 0 Å². The van der Waals surface area contributed by atoms with Crippen molar-refractivity contribution in [3.63, 3.8) is 0 Å². The van der Waals surface area contributed by atoms with Crippen LogP contribution in [0, 0.1) is 5.95 Å². The quantitative estimate of drug-likeness (QED) is 0.696. The van der Waals surface area contributed by atoms with E-state index in [-0.39, 0.29) is 5.69 Å². The third-order valence-corrected chi connectivity index (χ3v) is 1.83. The Labute approximate surface area is 80.4 Å². The smallest absolute Gasteiger partial charge is 0.236 e. The van der Waals surface area contributed by atoms with Crippen molar-refractivity contribution in [1.29, 1.82) is 0 Å². The van der Waals surface area contributed by atoms with Gasteiger partial charge in [0.25, 0.3) is 0 Å². The fourth-order valence-electron chi connectivity index (χ4n) is 1.12. The van der Waals surface area contributed by atoms with Gasteiger partial charge in [0.2, 0.25) is 5.95 Å². The molecular weight excluding hydrogens is 181 g/mol. The lowest BCUT2D eigenvalue weighted by molar-refractivity contribution is 0.590. The molecule has 0 aromatic carbocycles. The minimum Gasteiger partial charge on any atom is -0.395 e. The van der Waals surface area contributed by atoms with Gasteiger partial charge in [-0.15, -0.1) is 0 Å². The van der Waals surface area contributed by atoms with Gasteiger partial charge in [-0.2, -0.15) is 4.39 Å². The third kappa shape index (κ3) is 1.54. The van der Waals surface area contributed by atoms with E-state index in [1.807, 2.05) is 6.07 Å². The Morgan fingerprint density at radius 1 is 1.21 bits per heavy atom. The molecule has 2 aromatic heterocycles. The Hall–Kier alpha value is -1.97. The van der Waals surface area contributed by atoms with Crippen LogP contribution >= 0.6 is 0 Å². The van der Waals surface area contributed by atoms with Crippen molar-refractivity contribution in [3.8, 4) is 11.3 Å². The molecule has 2 heterocycles. The van der Waals surface area contributed by atoms with Gasteiger partial charge in [-0.3, -0.25) is 4.98 Å². The van der Waals surface area contributed by atoms with Crippen molar-refractivity contribution in [2.75, 3.05) is 5.73 Å². The lowest BCUT2D eigenvalue weighted by Crippen LogP contribution is -1.95. The van der Waals surface area contributed by atoms with E-state index in [9.17, 15) is 4.39 Å². The number of aromatic nitrogens is 2. The summed E-state index contributed by atoms with van der Waals surface area (Å²) in [7, 11) is 0. The summed E-state index contributed by atoms with van der Waals surface area (Å²) in [5, 5.41) is 0. The van der Waals surface area contributed by atoms with Crippen LogP contribution in [0.4, 0.5) is 10.1 Å². The molecule has 0 atom stereocenters. The fraction of sp³-hybridized carbons (Fsp3) is 0. The van der Waals surface area contributed by atoms with E-state index >= 15 is 0 Å². The highest BCUT2D eigenvalue weighted by molar-refractivity contribution is 5.59. The van der Waals surface area contributed by atoms with Crippen molar-refractivity contribution >= 4 is 5.69 Å². The SMILES string of the molecule is Nc1ccc(-c2cccnc2)nc1F. The Kier molecular flexibility index (Phi) is 2.10. The molecule has 0 aliphatic carbocycles. The van der Waals surface area contributed by atoms with Crippen LogP contribution in [-0.2, 0) is 0 Å². The number of halogens is 1. The van der Waals surface area contributed by atoms with Crippen molar-refractivity contribution in [1.82, 2.24) is 9.97 Å². The van der Waals surface area contributed by atoms with Gasteiger partial charge in [-0.05, 0) is 24.3 Å². The Bertz CT molecular complexity index is 442. The average molecular weight is 189 g/mol. The summed E-state index contributed by atoms with van der Waals surface area (Å²) in [5.74, 6) is -0.647. The molecular formula is C10H8FN3. The molecule has 0 unspecified atom stereocenters. The molecule has 2 rings (SSSR count). The molecule has 0 radical (unpaired) electrons. The van der Waals surface area contributed by atoms with Crippen molar-refractivity contribution < 1.29 is 4.39 Å². The van der Waals surface area contributed by atoms with Crippen LogP contribution < -0.4 is 5.73 Å². The number of nitrogen functional groups attached to an aromatic ring is 1. The highest BCUT2D eigenvalue weighted by atomic mass is 19.1. The maximum atomic E-state index is 13.0. The number of hydrogen-bond donors (Lipinski definition) is 1. The predicted molar refractivity (Wildman–Crippen MR) is 51.8 cm³/mol. The zero-order valence-electron chi connectivity index (χ0n) is 7.31. The molecule has 0 aliphatic heterocycles. The van der Waals surface area contributed by atoms with Gasteiger partial charge in [0.05, 0.1) is 11.4 Å². The van der Waals surface area contributed by atoms with Crippen molar-refractivity contribution in [3.05, 3.63) is 42.6 Å². The molecule has 0 spiro atoms. The first-order valence-corrected chi connectivity index (χ1v) is 4.10. The molecule has 0 amide bonds. The number of pyridine rings is 2. The molecule has 3 nitrogen and oxygen atoms in total. The van der Waals surface area contributed by atoms with Crippen molar-refractivity contribution in [2.45, 2.75) is 0 Å². The number of anilines is 1. The van der Waals surface area contributed by atoms with Crippen LogP contribution in [0.3, 0.4) is 0 Å². The summed E-state index contributed by atoms with van der Waals surface area (Å²) >= 11 is 0. The molecule has 0 fully saturated rings. The van der Waals surface area contributed by atoms with Gasteiger partial charge in [-0.25, -0.2) is 4.98 Å². The molecule has 0 saturated carbocycles. The summed E-state index contributed by atoms with van der Waals surface area (Å²) in [5.41, 5.74) is 6.67. The summed E-state index contributed by atoms with van der Waals surface area (Å²) in [6.45, 7) is 0. The monoisotopic (exact) mass is 189 g/mol. The maximum Gasteiger partial charge on any atom is 0.236 e. The van der Waals surface area contributed by atoms with Crippen LogP contribution in [0.5, 0.6) is 0 Å². The van der Waals surface area contributed by atoms with E-state index in [4.69, 9.17) is 5.73 Å². The normalized spacial score (nSPS) is 10.1. The van der Waals surface area contributed by atoms with Crippen LogP contribution in [-0.4, -0.2) is 9.97 Å². The Morgan fingerprint density at radius 2 is 2.07 bits per heavy atom. The minimum atomic E-state index is -0.647. The minimum absolute atomic E-state index is 0.0534. The van der Waals surface area contributed by atoms with Gasteiger partial charge in [0.1, 0.15) is 0 Å². The van der Waals surface area contributed by atoms with Crippen LogP contribution in [0.1, 0.15) is 0 Å². The highest BCUT2D eigenvalue weighted by Crippen LogP contribution is 2.17. The molecule has 4 heteroatoms. The topological polar surface area (TPSA) is 51.8 Å². The van der Waals surface area contributed by atoms with E-state index in [0.29, 0.717) is 5.69 Å². The molecule has 70 valence electrons. The number of nitrogens with two attached hydrogens (primary N) is 1. The molecule has 2 N–H and O–H groups in total. The van der Waals surface area contributed by atoms with Crippen LogP contribution in [0.25, 0.3) is 11.3 Å². The summed E-state index contributed by atoms with van der Waals surface area (Å²) in [6, 6.07) is 6.73. The first-order chi connectivity index (χ1) is 6.77. The van der Waals surface area contributed by atoms with Crippen molar-refractivity contribution in [2.24, 2.45) is 0 Å². The lowest BCUT2D eigenvalue weighted by Gasteiger charge is -2.00. The largest absolute Gasteiger partial charge is 0.395 e. The van der Waals surface area contributed by atoms with Gasteiger partial charge in [-0.1, -0.05) is 0 Å². The standard InChI is InChI=1S/C10H8FN3/c11-10-8(12)3-4-9(14-10)7-2-1-5-13-6-7/h1-6H,12H2. The second-order valence-corrected chi connectivity index (χ2v) is 2.82. The van der Waals surface area contributed by atoms with Crippen LogP contribution in [0.15, 0.2) is 36.7 Å². The van der Waals surface area contributed by atoms with Gasteiger partial charge >= 0.3 is 0 Å². The van der Waals surface area contributed by atoms with E-state index in [1.165, 1.54) is 6.07 Å². The Morgan fingerprint density at radius 3 is 2.71 bits per heavy atom. The number of hydrogen-bond acceptors (Lipinski definition) is 3. The number of rotatable bonds is 1.